The normalized spacial score (nSPS) is 10.7. The monoisotopic (exact) mass is 262 g/mol. The Morgan fingerprint density at radius 3 is 3.11 bits per heavy atom. The zero-order valence-corrected chi connectivity index (χ0v) is 9.64. The van der Waals surface area contributed by atoms with Gasteiger partial charge in [-0.05, 0) is 11.4 Å². The van der Waals surface area contributed by atoms with Crippen molar-refractivity contribution in [3.8, 4) is 23.0 Å². The van der Waals surface area contributed by atoms with Gasteiger partial charge in [0.25, 0.3) is 5.89 Å². The Hall–Kier alpha value is -2.48. The van der Waals surface area contributed by atoms with Gasteiger partial charge in [-0.3, -0.25) is 0 Å². The molecule has 0 bridgehead atoms. The molecule has 0 fully saturated rings. The average molecular weight is 262 g/mol. The van der Waals surface area contributed by atoms with Crippen LogP contribution in [-0.2, 0) is 0 Å². The molecular formula is C10H6N4O3S. The molecule has 0 spiro atoms. The van der Waals surface area contributed by atoms with Crippen LogP contribution in [0.25, 0.3) is 23.0 Å². The van der Waals surface area contributed by atoms with Gasteiger partial charge in [0, 0.05) is 10.9 Å². The van der Waals surface area contributed by atoms with E-state index in [4.69, 9.17) is 9.63 Å². The molecule has 18 heavy (non-hydrogen) atoms. The Morgan fingerprint density at radius 1 is 1.50 bits per heavy atom. The minimum absolute atomic E-state index is 0.103. The van der Waals surface area contributed by atoms with Crippen LogP contribution in [0, 0.1) is 0 Å². The maximum Gasteiger partial charge on any atom is 0.356 e. The summed E-state index contributed by atoms with van der Waals surface area (Å²) in [5.41, 5.74) is 0.887. The van der Waals surface area contributed by atoms with Crippen LogP contribution in [-0.4, -0.2) is 31.2 Å². The topological polar surface area (TPSA) is 105 Å². The molecule has 2 N–H and O–H groups in total. The summed E-state index contributed by atoms with van der Waals surface area (Å²) in [4.78, 5) is 21.4. The highest BCUT2D eigenvalue weighted by Gasteiger charge is 2.20. The first-order valence-corrected chi connectivity index (χ1v) is 5.83. The number of aromatic carboxylic acids is 1. The van der Waals surface area contributed by atoms with E-state index in [1.165, 1.54) is 17.7 Å². The quantitative estimate of drug-likeness (QED) is 0.746. The van der Waals surface area contributed by atoms with Crippen LogP contribution >= 0.6 is 11.3 Å². The van der Waals surface area contributed by atoms with Gasteiger partial charge in [0.15, 0.2) is 5.69 Å². The van der Waals surface area contributed by atoms with Gasteiger partial charge in [-0.15, -0.1) is 0 Å². The van der Waals surface area contributed by atoms with Crippen molar-refractivity contribution in [1.82, 2.24) is 20.1 Å². The van der Waals surface area contributed by atoms with E-state index in [9.17, 15) is 4.79 Å². The number of thiophene rings is 1. The lowest BCUT2D eigenvalue weighted by atomic mass is 10.3. The van der Waals surface area contributed by atoms with Gasteiger partial charge in [0.2, 0.25) is 5.82 Å². The minimum Gasteiger partial charge on any atom is -0.476 e. The van der Waals surface area contributed by atoms with Crippen LogP contribution in [0.4, 0.5) is 0 Å². The van der Waals surface area contributed by atoms with Crippen molar-refractivity contribution in [1.29, 1.82) is 0 Å². The van der Waals surface area contributed by atoms with Crippen molar-refractivity contribution in [3.05, 3.63) is 28.8 Å². The highest BCUT2D eigenvalue weighted by molar-refractivity contribution is 7.08. The molecule has 0 saturated heterocycles. The molecule has 3 aromatic rings. The molecule has 3 aromatic heterocycles. The van der Waals surface area contributed by atoms with Crippen LogP contribution in [0.1, 0.15) is 10.5 Å². The summed E-state index contributed by atoms with van der Waals surface area (Å²) in [6, 6.07) is 1.85. The molecule has 90 valence electrons. The van der Waals surface area contributed by atoms with Crippen molar-refractivity contribution >= 4 is 17.3 Å². The van der Waals surface area contributed by atoms with Crippen LogP contribution in [0.15, 0.2) is 27.7 Å². The Labute approximate surface area is 104 Å². The van der Waals surface area contributed by atoms with Crippen molar-refractivity contribution < 1.29 is 14.4 Å². The predicted octanol–water partition coefficient (Wildman–Crippen LogP) is 1.89. The number of carbonyl (C=O) groups is 1. The van der Waals surface area contributed by atoms with E-state index in [1.54, 1.807) is 0 Å². The summed E-state index contributed by atoms with van der Waals surface area (Å²) in [7, 11) is 0. The number of aromatic nitrogens is 4. The van der Waals surface area contributed by atoms with E-state index in [-0.39, 0.29) is 17.3 Å². The fourth-order valence-corrected chi connectivity index (χ4v) is 2.09. The lowest BCUT2D eigenvalue weighted by Gasteiger charge is -1.90. The van der Waals surface area contributed by atoms with E-state index in [0.29, 0.717) is 5.82 Å². The van der Waals surface area contributed by atoms with Gasteiger partial charge in [-0.25, -0.2) is 9.78 Å². The summed E-state index contributed by atoms with van der Waals surface area (Å²) < 4.78 is 5.03. The van der Waals surface area contributed by atoms with Crippen molar-refractivity contribution in [2.45, 2.75) is 0 Å². The first-order chi connectivity index (χ1) is 8.75. The summed E-state index contributed by atoms with van der Waals surface area (Å²) in [6.45, 7) is 0. The molecule has 0 aliphatic heterocycles. The lowest BCUT2D eigenvalue weighted by molar-refractivity contribution is 0.0691. The second kappa shape index (κ2) is 4.08. The number of carboxylic acid groups (broad SMARTS) is 1. The molecule has 0 amide bonds. The number of hydrogen-bond acceptors (Lipinski definition) is 6. The van der Waals surface area contributed by atoms with E-state index >= 15 is 0 Å². The third-order valence-electron chi connectivity index (χ3n) is 2.26. The Bertz CT molecular complexity index is 686. The summed E-state index contributed by atoms with van der Waals surface area (Å²) in [5, 5.41) is 16.5. The van der Waals surface area contributed by atoms with Crippen molar-refractivity contribution in [2.75, 3.05) is 0 Å². The molecule has 0 atom stereocenters. The van der Waals surface area contributed by atoms with E-state index in [1.807, 2.05) is 16.8 Å². The van der Waals surface area contributed by atoms with E-state index < -0.39 is 5.97 Å². The average Bonchev–Trinajstić information content (AvgIpc) is 3.10. The molecule has 3 rings (SSSR count). The third-order valence-corrected chi connectivity index (χ3v) is 2.94. The number of hydrogen-bond donors (Lipinski definition) is 2. The lowest BCUT2D eigenvalue weighted by Crippen LogP contribution is -1.99. The first kappa shape index (κ1) is 10.7. The van der Waals surface area contributed by atoms with Gasteiger partial charge in [-0.2, -0.15) is 16.3 Å². The summed E-state index contributed by atoms with van der Waals surface area (Å²) in [6.07, 6.45) is 1.27. The number of aromatic amines is 1. The largest absolute Gasteiger partial charge is 0.476 e. The predicted molar refractivity (Wildman–Crippen MR) is 62.2 cm³/mol. The molecular weight excluding hydrogens is 256 g/mol. The zero-order chi connectivity index (χ0) is 12.5. The van der Waals surface area contributed by atoms with Crippen molar-refractivity contribution in [3.63, 3.8) is 0 Å². The molecule has 0 unspecified atom stereocenters. The Balaban J connectivity index is 2.03. The Morgan fingerprint density at radius 2 is 2.39 bits per heavy atom. The second-order valence-electron chi connectivity index (χ2n) is 3.37. The minimum atomic E-state index is -1.15. The molecule has 0 radical (unpaired) electrons. The maximum atomic E-state index is 10.9. The van der Waals surface area contributed by atoms with Crippen LogP contribution in [0.5, 0.6) is 0 Å². The SMILES string of the molecule is O=C(O)c1nc[nH]c1-c1nc(-c2ccsc2)no1. The molecule has 0 saturated carbocycles. The van der Waals surface area contributed by atoms with Gasteiger partial charge >= 0.3 is 5.97 Å². The highest BCUT2D eigenvalue weighted by atomic mass is 32.1. The van der Waals surface area contributed by atoms with Crippen LogP contribution in [0.3, 0.4) is 0 Å². The van der Waals surface area contributed by atoms with Gasteiger partial charge in [-0.1, -0.05) is 5.16 Å². The number of imidazole rings is 1. The maximum absolute atomic E-state index is 10.9. The summed E-state index contributed by atoms with van der Waals surface area (Å²) in [5.74, 6) is -0.634. The number of rotatable bonds is 3. The molecule has 7 nitrogen and oxygen atoms in total. The highest BCUT2D eigenvalue weighted by Crippen LogP contribution is 2.24. The number of nitrogens with one attached hydrogen (secondary N) is 1. The molecule has 0 aromatic carbocycles. The van der Waals surface area contributed by atoms with Gasteiger partial charge in [0.05, 0.1) is 6.33 Å². The van der Waals surface area contributed by atoms with Gasteiger partial charge in [0.1, 0.15) is 5.69 Å². The number of H-pyrrole nitrogens is 1. The third kappa shape index (κ3) is 1.68. The first-order valence-electron chi connectivity index (χ1n) is 4.89. The summed E-state index contributed by atoms with van der Waals surface area (Å²) >= 11 is 1.51. The molecule has 0 aliphatic rings. The molecule has 0 aliphatic carbocycles. The van der Waals surface area contributed by atoms with E-state index in [0.717, 1.165) is 5.56 Å². The fourth-order valence-electron chi connectivity index (χ4n) is 1.45. The standard InChI is InChI=1S/C10H6N4O3S/c15-10(16)7-6(11-4-12-7)9-13-8(14-17-9)5-1-2-18-3-5/h1-4H,(H,11,12)(H,15,16). The number of nitrogens with zero attached hydrogens (tertiary/aromatic N) is 3. The van der Waals surface area contributed by atoms with E-state index in [2.05, 4.69) is 20.1 Å². The van der Waals surface area contributed by atoms with Crippen LogP contribution < -0.4 is 0 Å². The smallest absolute Gasteiger partial charge is 0.356 e. The van der Waals surface area contributed by atoms with Crippen molar-refractivity contribution in [2.24, 2.45) is 0 Å². The zero-order valence-electron chi connectivity index (χ0n) is 8.82. The molecule has 8 heteroatoms. The second-order valence-corrected chi connectivity index (χ2v) is 4.15. The van der Waals surface area contributed by atoms with Gasteiger partial charge < -0.3 is 14.6 Å². The van der Waals surface area contributed by atoms with Crippen LogP contribution in [0.2, 0.25) is 0 Å². The Kier molecular flexibility index (Phi) is 2.41. The molecule has 3 heterocycles. The fraction of sp³-hybridized carbons (Fsp3) is 0. The number of carboxylic acids is 1.